The highest BCUT2D eigenvalue weighted by Crippen LogP contribution is 2.32. The Morgan fingerprint density at radius 2 is 2.00 bits per heavy atom. The molecule has 19 heavy (non-hydrogen) atoms. The molecule has 1 N–H and O–H groups in total. The molecule has 6 heteroatoms. The van der Waals surface area contributed by atoms with Crippen LogP contribution in [0.2, 0.25) is 8.67 Å². The second-order valence-corrected chi connectivity index (χ2v) is 7.03. The first-order valence-corrected chi connectivity index (χ1v) is 8.21. The van der Waals surface area contributed by atoms with Gasteiger partial charge in [-0.05, 0) is 11.6 Å². The third kappa shape index (κ3) is 4.14. The van der Waals surface area contributed by atoms with Gasteiger partial charge in [0.15, 0.2) is 0 Å². The van der Waals surface area contributed by atoms with Crippen molar-refractivity contribution in [1.29, 1.82) is 0 Å². The molecule has 0 saturated heterocycles. The molecule has 1 aromatic carbocycles. The third-order valence-corrected chi connectivity index (χ3v) is 4.94. The van der Waals surface area contributed by atoms with Crippen LogP contribution in [0.3, 0.4) is 0 Å². The first kappa shape index (κ1) is 14.7. The standard InChI is InChI=1S/C13H11Cl2NOS2/c14-12-6-10(13(15)19-12)11(16-17)8-18-7-9-4-2-1-3-5-9/h1-6,17H,7-8H2/b16-11+. The van der Waals surface area contributed by atoms with Crippen LogP contribution in [0.1, 0.15) is 11.1 Å². The molecule has 0 aliphatic rings. The van der Waals surface area contributed by atoms with E-state index in [9.17, 15) is 0 Å². The van der Waals surface area contributed by atoms with Crippen molar-refractivity contribution in [3.63, 3.8) is 0 Å². The van der Waals surface area contributed by atoms with Crippen LogP contribution in [-0.4, -0.2) is 16.7 Å². The van der Waals surface area contributed by atoms with Crippen LogP contribution >= 0.6 is 46.3 Å². The van der Waals surface area contributed by atoms with Gasteiger partial charge in [-0.3, -0.25) is 0 Å². The zero-order chi connectivity index (χ0) is 13.7. The Labute approximate surface area is 130 Å². The van der Waals surface area contributed by atoms with E-state index in [0.717, 1.165) is 5.75 Å². The summed E-state index contributed by atoms with van der Waals surface area (Å²) < 4.78 is 1.15. The van der Waals surface area contributed by atoms with Gasteiger partial charge in [0.05, 0.1) is 10.0 Å². The molecule has 0 atom stereocenters. The van der Waals surface area contributed by atoms with Crippen LogP contribution < -0.4 is 0 Å². The van der Waals surface area contributed by atoms with E-state index in [0.29, 0.717) is 25.7 Å². The van der Waals surface area contributed by atoms with Crippen LogP contribution in [0.4, 0.5) is 0 Å². The molecule has 0 saturated carbocycles. The summed E-state index contributed by atoms with van der Waals surface area (Å²) in [6, 6.07) is 11.9. The fourth-order valence-corrected chi connectivity index (χ4v) is 3.98. The van der Waals surface area contributed by atoms with E-state index in [-0.39, 0.29) is 0 Å². The maximum atomic E-state index is 9.09. The summed E-state index contributed by atoms with van der Waals surface area (Å²) >= 11 is 14.9. The van der Waals surface area contributed by atoms with E-state index in [4.69, 9.17) is 28.4 Å². The van der Waals surface area contributed by atoms with Crippen molar-refractivity contribution in [2.75, 3.05) is 5.75 Å². The number of thiophene rings is 1. The van der Waals surface area contributed by atoms with Crippen LogP contribution in [0.15, 0.2) is 41.6 Å². The SMILES string of the molecule is O/N=C(\CSCc1ccccc1)c1cc(Cl)sc1Cl. The molecule has 1 aromatic heterocycles. The van der Waals surface area contributed by atoms with Crippen LogP contribution in [0.25, 0.3) is 0 Å². The number of benzene rings is 1. The highest BCUT2D eigenvalue weighted by atomic mass is 35.5. The Morgan fingerprint density at radius 1 is 1.26 bits per heavy atom. The van der Waals surface area contributed by atoms with E-state index in [1.807, 2.05) is 18.2 Å². The summed E-state index contributed by atoms with van der Waals surface area (Å²) in [6.45, 7) is 0. The Kier molecular flexibility index (Phi) is 5.58. The topological polar surface area (TPSA) is 32.6 Å². The maximum absolute atomic E-state index is 9.09. The number of oxime groups is 1. The van der Waals surface area contributed by atoms with Crippen molar-refractivity contribution in [3.8, 4) is 0 Å². The third-order valence-electron chi connectivity index (χ3n) is 2.44. The Hall–Kier alpha value is -0.680. The molecule has 2 rings (SSSR count). The summed E-state index contributed by atoms with van der Waals surface area (Å²) in [4.78, 5) is 0. The minimum atomic E-state index is 0.550. The second kappa shape index (κ2) is 7.20. The molecule has 0 aliphatic carbocycles. The number of rotatable bonds is 5. The monoisotopic (exact) mass is 331 g/mol. The lowest BCUT2D eigenvalue weighted by molar-refractivity contribution is 0.319. The predicted octanol–water partition coefficient (Wildman–Crippen LogP) is 5.17. The van der Waals surface area contributed by atoms with E-state index < -0.39 is 0 Å². The summed E-state index contributed by atoms with van der Waals surface area (Å²) in [5.41, 5.74) is 2.49. The van der Waals surface area contributed by atoms with Gasteiger partial charge in [-0.15, -0.1) is 11.3 Å². The van der Waals surface area contributed by atoms with Crippen molar-refractivity contribution in [2.24, 2.45) is 5.16 Å². The van der Waals surface area contributed by atoms with E-state index in [1.165, 1.54) is 16.9 Å². The van der Waals surface area contributed by atoms with Crippen molar-refractivity contribution >= 4 is 52.0 Å². The molecule has 2 aromatic rings. The molecule has 0 radical (unpaired) electrons. The lowest BCUT2D eigenvalue weighted by Crippen LogP contribution is -2.04. The van der Waals surface area contributed by atoms with Crippen molar-refractivity contribution in [3.05, 3.63) is 56.2 Å². The van der Waals surface area contributed by atoms with Gasteiger partial charge in [0.1, 0.15) is 4.34 Å². The van der Waals surface area contributed by atoms with E-state index in [2.05, 4.69) is 17.3 Å². The molecule has 0 bridgehead atoms. The summed E-state index contributed by atoms with van der Waals surface area (Å²) in [6.07, 6.45) is 0. The minimum absolute atomic E-state index is 0.550. The zero-order valence-corrected chi connectivity index (χ0v) is 13.0. The summed E-state index contributed by atoms with van der Waals surface area (Å²) in [5, 5.41) is 12.4. The molecule has 0 fully saturated rings. The van der Waals surface area contributed by atoms with Crippen molar-refractivity contribution in [2.45, 2.75) is 5.75 Å². The quantitative estimate of drug-likeness (QED) is 0.466. The summed E-state index contributed by atoms with van der Waals surface area (Å²) in [7, 11) is 0. The van der Waals surface area contributed by atoms with Gasteiger partial charge < -0.3 is 5.21 Å². The number of halogens is 2. The molecule has 2 nitrogen and oxygen atoms in total. The highest BCUT2D eigenvalue weighted by molar-refractivity contribution is 7.99. The van der Waals surface area contributed by atoms with Crippen LogP contribution in [0.5, 0.6) is 0 Å². The molecular formula is C13H11Cl2NOS2. The predicted molar refractivity (Wildman–Crippen MR) is 85.3 cm³/mol. The molecule has 0 spiro atoms. The Balaban J connectivity index is 1.96. The zero-order valence-electron chi connectivity index (χ0n) is 9.85. The van der Waals surface area contributed by atoms with Crippen molar-refractivity contribution < 1.29 is 5.21 Å². The van der Waals surface area contributed by atoms with Crippen LogP contribution in [-0.2, 0) is 5.75 Å². The van der Waals surface area contributed by atoms with E-state index in [1.54, 1.807) is 17.8 Å². The van der Waals surface area contributed by atoms with Gasteiger partial charge in [-0.25, -0.2) is 0 Å². The molecule has 0 amide bonds. The maximum Gasteiger partial charge on any atom is 0.104 e. The highest BCUT2D eigenvalue weighted by Gasteiger charge is 2.13. The number of nitrogens with zero attached hydrogens (tertiary/aromatic N) is 1. The lowest BCUT2D eigenvalue weighted by atomic mass is 10.2. The number of thioether (sulfide) groups is 1. The number of hydrogen-bond donors (Lipinski definition) is 1. The fourth-order valence-electron chi connectivity index (χ4n) is 1.54. The Bertz CT molecular complexity index is 569. The van der Waals surface area contributed by atoms with E-state index >= 15 is 0 Å². The average Bonchev–Trinajstić information content (AvgIpc) is 2.75. The van der Waals surface area contributed by atoms with Gasteiger partial charge in [0.2, 0.25) is 0 Å². The molecule has 0 aliphatic heterocycles. The minimum Gasteiger partial charge on any atom is -0.411 e. The van der Waals surface area contributed by atoms with Gasteiger partial charge in [-0.2, -0.15) is 11.8 Å². The smallest absolute Gasteiger partial charge is 0.104 e. The number of hydrogen-bond acceptors (Lipinski definition) is 4. The molecule has 1 heterocycles. The van der Waals surface area contributed by atoms with Crippen molar-refractivity contribution in [1.82, 2.24) is 0 Å². The molecular weight excluding hydrogens is 321 g/mol. The molecule has 100 valence electrons. The van der Waals surface area contributed by atoms with Gasteiger partial charge >= 0.3 is 0 Å². The average molecular weight is 332 g/mol. The normalized spacial score (nSPS) is 11.8. The van der Waals surface area contributed by atoms with Crippen LogP contribution in [0, 0.1) is 0 Å². The van der Waals surface area contributed by atoms with Gasteiger partial charge in [0, 0.05) is 17.1 Å². The summed E-state index contributed by atoms with van der Waals surface area (Å²) in [5.74, 6) is 1.44. The first-order valence-electron chi connectivity index (χ1n) is 5.48. The van der Waals surface area contributed by atoms with Gasteiger partial charge in [-0.1, -0.05) is 58.7 Å². The molecule has 0 unspecified atom stereocenters. The first-order chi connectivity index (χ1) is 9.20. The lowest BCUT2D eigenvalue weighted by Gasteiger charge is -2.03. The fraction of sp³-hybridized carbons (Fsp3) is 0.154. The second-order valence-electron chi connectivity index (χ2n) is 3.76. The van der Waals surface area contributed by atoms with Gasteiger partial charge in [0.25, 0.3) is 0 Å². The Morgan fingerprint density at radius 3 is 2.58 bits per heavy atom. The largest absolute Gasteiger partial charge is 0.411 e.